The average Bonchev–Trinajstić information content (AvgIpc) is 2.53. The number of hydrogen-bond acceptors (Lipinski definition) is 5. The monoisotopic (exact) mass is 316 g/mol. The Hall–Kier alpha value is -2.59. The zero-order chi connectivity index (χ0) is 15.7. The van der Waals surface area contributed by atoms with Crippen LogP contribution in [0.2, 0.25) is 5.02 Å². The molecule has 7 nitrogen and oxygen atoms in total. The van der Waals surface area contributed by atoms with E-state index in [1.54, 1.807) is 23.1 Å². The normalized spacial score (nSPS) is 14.9. The van der Waals surface area contributed by atoms with E-state index in [0.717, 1.165) is 0 Å². The first-order valence-corrected chi connectivity index (χ1v) is 7.13. The Bertz CT molecular complexity index is 779. The zero-order valence-electron chi connectivity index (χ0n) is 11.7. The quantitative estimate of drug-likeness (QED) is 0.856. The van der Waals surface area contributed by atoms with Gasteiger partial charge in [-0.2, -0.15) is 5.26 Å². The number of urea groups is 1. The number of amides is 2. The molecule has 1 saturated heterocycles. The fourth-order valence-electron chi connectivity index (χ4n) is 2.44. The van der Waals surface area contributed by atoms with E-state index >= 15 is 0 Å². The fourth-order valence-corrected chi connectivity index (χ4v) is 2.61. The lowest BCUT2D eigenvalue weighted by atomic mass is 10.2. The van der Waals surface area contributed by atoms with Gasteiger partial charge in [0.05, 0.1) is 5.52 Å². The number of carbonyl (C=O) groups excluding carboxylic acids is 1. The number of hydrogen-bond donors (Lipinski definition) is 1. The molecule has 0 radical (unpaired) electrons. The summed E-state index contributed by atoms with van der Waals surface area (Å²) in [5.41, 5.74) is 6.21. The molecule has 8 heteroatoms. The topological polar surface area (TPSA) is 99.1 Å². The van der Waals surface area contributed by atoms with Gasteiger partial charge in [0, 0.05) is 36.6 Å². The number of nitrogens with two attached hydrogens (primary N) is 1. The first kappa shape index (κ1) is 14.4. The molecule has 1 aromatic carbocycles. The highest BCUT2D eigenvalue weighted by Gasteiger charge is 2.22. The van der Waals surface area contributed by atoms with Gasteiger partial charge in [-0.25, -0.2) is 14.8 Å². The summed E-state index contributed by atoms with van der Waals surface area (Å²) in [6.07, 6.45) is 0. The Labute approximate surface area is 131 Å². The van der Waals surface area contributed by atoms with E-state index in [1.165, 1.54) is 0 Å². The summed E-state index contributed by atoms with van der Waals surface area (Å²) in [6.45, 7) is 2.15. The minimum atomic E-state index is -0.427. The molecule has 2 amide bonds. The van der Waals surface area contributed by atoms with Gasteiger partial charge in [-0.05, 0) is 18.2 Å². The van der Waals surface area contributed by atoms with Crippen molar-refractivity contribution < 1.29 is 4.79 Å². The van der Waals surface area contributed by atoms with Crippen LogP contribution in [0.4, 0.5) is 10.7 Å². The van der Waals surface area contributed by atoms with Crippen molar-refractivity contribution in [3.63, 3.8) is 0 Å². The number of nitrogens with zero attached hydrogens (tertiary/aromatic N) is 5. The molecule has 22 heavy (non-hydrogen) atoms. The van der Waals surface area contributed by atoms with Crippen molar-refractivity contribution in [3.8, 4) is 6.07 Å². The second-order valence-corrected chi connectivity index (χ2v) is 5.39. The number of aromatic nitrogens is 2. The highest BCUT2D eigenvalue weighted by Crippen LogP contribution is 2.23. The van der Waals surface area contributed by atoms with Gasteiger partial charge < -0.3 is 15.5 Å². The van der Waals surface area contributed by atoms with Crippen molar-refractivity contribution in [1.82, 2.24) is 14.9 Å². The Kier molecular flexibility index (Phi) is 3.69. The predicted molar refractivity (Wildman–Crippen MR) is 82.6 cm³/mol. The molecule has 1 aromatic heterocycles. The van der Waals surface area contributed by atoms with Crippen LogP contribution in [-0.2, 0) is 0 Å². The summed E-state index contributed by atoms with van der Waals surface area (Å²) >= 11 is 5.99. The molecule has 0 atom stereocenters. The maximum Gasteiger partial charge on any atom is 0.314 e. The van der Waals surface area contributed by atoms with Crippen LogP contribution in [-0.4, -0.2) is 47.1 Å². The second kappa shape index (κ2) is 5.66. The lowest BCUT2D eigenvalue weighted by Gasteiger charge is -2.33. The van der Waals surface area contributed by atoms with E-state index in [4.69, 9.17) is 17.3 Å². The number of halogens is 1. The van der Waals surface area contributed by atoms with Crippen molar-refractivity contribution in [1.29, 1.82) is 5.26 Å². The SMILES string of the molecule is N#Cc1nc(N2CCN(C(N)=O)CC2)nc2cc(Cl)ccc12. The Balaban J connectivity index is 1.95. The van der Waals surface area contributed by atoms with Gasteiger partial charge in [0.2, 0.25) is 5.95 Å². The first-order valence-electron chi connectivity index (χ1n) is 6.75. The minimum absolute atomic E-state index is 0.314. The molecule has 1 aliphatic rings. The molecule has 2 heterocycles. The Morgan fingerprint density at radius 3 is 2.64 bits per heavy atom. The molecule has 0 unspecified atom stereocenters. The number of rotatable bonds is 1. The van der Waals surface area contributed by atoms with Crippen LogP contribution in [0.25, 0.3) is 10.9 Å². The van der Waals surface area contributed by atoms with Gasteiger partial charge in [-0.15, -0.1) is 0 Å². The number of primary amides is 1. The van der Waals surface area contributed by atoms with Crippen molar-refractivity contribution >= 4 is 34.5 Å². The Morgan fingerprint density at radius 2 is 2.00 bits per heavy atom. The van der Waals surface area contributed by atoms with Crippen molar-refractivity contribution in [2.75, 3.05) is 31.1 Å². The van der Waals surface area contributed by atoms with E-state index in [9.17, 15) is 10.1 Å². The molecule has 2 aromatic rings. The van der Waals surface area contributed by atoms with Crippen LogP contribution in [0.5, 0.6) is 0 Å². The number of benzene rings is 1. The maximum atomic E-state index is 11.2. The van der Waals surface area contributed by atoms with E-state index in [2.05, 4.69) is 16.0 Å². The maximum absolute atomic E-state index is 11.2. The molecule has 112 valence electrons. The molecule has 2 N–H and O–H groups in total. The zero-order valence-corrected chi connectivity index (χ0v) is 12.4. The van der Waals surface area contributed by atoms with E-state index in [1.807, 2.05) is 4.90 Å². The first-order chi connectivity index (χ1) is 10.6. The van der Waals surface area contributed by atoms with Gasteiger partial charge in [-0.3, -0.25) is 0 Å². The summed E-state index contributed by atoms with van der Waals surface area (Å²) < 4.78 is 0. The minimum Gasteiger partial charge on any atom is -0.351 e. The van der Waals surface area contributed by atoms with E-state index in [-0.39, 0.29) is 0 Å². The summed E-state index contributed by atoms with van der Waals surface area (Å²) in [5, 5.41) is 10.5. The summed E-state index contributed by atoms with van der Waals surface area (Å²) in [6, 6.07) is 6.82. The van der Waals surface area contributed by atoms with Crippen LogP contribution in [0.3, 0.4) is 0 Å². The predicted octanol–water partition coefficient (Wildman–Crippen LogP) is 1.36. The Morgan fingerprint density at radius 1 is 1.27 bits per heavy atom. The third-order valence-electron chi connectivity index (χ3n) is 3.63. The number of carbonyl (C=O) groups is 1. The molecule has 0 spiro atoms. The van der Waals surface area contributed by atoms with Crippen molar-refractivity contribution in [2.24, 2.45) is 5.73 Å². The number of anilines is 1. The van der Waals surface area contributed by atoms with Gasteiger partial charge in [-0.1, -0.05) is 11.6 Å². The number of nitriles is 1. The third kappa shape index (κ3) is 2.61. The van der Waals surface area contributed by atoms with Crippen LogP contribution in [0.15, 0.2) is 18.2 Å². The van der Waals surface area contributed by atoms with Crippen LogP contribution >= 0.6 is 11.6 Å². The smallest absolute Gasteiger partial charge is 0.314 e. The van der Waals surface area contributed by atoms with Crippen LogP contribution in [0, 0.1) is 11.3 Å². The van der Waals surface area contributed by atoms with Gasteiger partial charge >= 0.3 is 6.03 Å². The van der Waals surface area contributed by atoms with Gasteiger partial charge in [0.1, 0.15) is 6.07 Å². The number of piperazine rings is 1. The highest BCUT2D eigenvalue weighted by molar-refractivity contribution is 6.31. The third-order valence-corrected chi connectivity index (χ3v) is 3.86. The molecule has 0 aliphatic carbocycles. The van der Waals surface area contributed by atoms with Crippen molar-refractivity contribution in [3.05, 3.63) is 28.9 Å². The summed E-state index contributed by atoms with van der Waals surface area (Å²) in [5.74, 6) is 0.468. The lowest BCUT2D eigenvalue weighted by molar-refractivity contribution is 0.204. The standard InChI is InChI=1S/C14H13ClN6O/c15-9-1-2-10-11(7-9)18-14(19-12(10)8-16)21-5-3-20(4-6-21)13(17)22/h1-2,7H,3-6H2,(H2,17,22). The summed E-state index contributed by atoms with van der Waals surface area (Å²) in [7, 11) is 0. The molecule has 0 saturated carbocycles. The molecule has 1 fully saturated rings. The lowest BCUT2D eigenvalue weighted by Crippen LogP contribution is -2.51. The summed E-state index contributed by atoms with van der Waals surface area (Å²) in [4.78, 5) is 23.5. The molecule has 3 rings (SSSR count). The second-order valence-electron chi connectivity index (χ2n) is 4.96. The van der Waals surface area contributed by atoms with Crippen molar-refractivity contribution in [2.45, 2.75) is 0 Å². The van der Waals surface area contributed by atoms with Crippen LogP contribution in [0.1, 0.15) is 5.69 Å². The molecule has 0 bridgehead atoms. The van der Waals surface area contributed by atoms with Crippen LogP contribution < -0.4 is 10.6 Å². The number of fused-ring (bicyclic) bond motifs is 1. The highest BCUT2D eigenvalue weighted by atomic mass is 35.5. The van der Waals surface area contributed by atoms with Gasteiger partial charge in [0.25, 0.3) is 0 Å². The molecular formula is C14H13ClN6O. The molecule has 1 aliphatic heterocycles. The largest absolute Gasteiger partial charge is 0.351 e. The molecular weight excluding hydrogens is 304 g/mol. The van der Waals surface area contributed by atoms with Gasteiger partial charge in [0.15, 0.2) is 5.69 Å². The fraction of sp³-hybridized carbons (Fsp3) is 0.286. The van der Waals surface area contributed by atoms with E-state index in [0.29, 0.717) is 53.7 Å². The average molecular weight is 317 g/mol. The van der Waals surface area contributed by atoms with E-state index < -0.39 is 6.03 Å².